The summed E-state index contributed by atoms with van der Waals surface area (Å²) < 4.78 is 50.3. The van der Waals surface area contributed by atoms with Crippen molar-refractivity contribution in [1.29, 1.82) is 0 Å². The Kier molecular flexibility index (Phi) is 9.42. The zero-order valence-electron chi connectivity index (χ0n) is 28.0. The fourth-order valence-corrected chi connectivity index (χ4v) is 7.55. The SMILES string of the molecule is Cn1cc(-c2cnc(N)c(C(=O)NC3COCC34CC4Cc3ccc(-c4ccc(CN5CCN(CCO)CC5)c(C(F)(F)F)c4)cc3)c2)cn1. The van der Waals surface area contributed by atoms with Gasteiger partial charge in [-0.2, -0.15) is 18.3 Å². The van der Waals surface area contributed by atoms with Crippen LogP contribution < -0.4 is 11.1 Å². The molecule has 2 aliphatic heterocycles. The lowest BCUT2D eigenvalue weighted by atomic mass is 9.93. The molecule has 3 fully saturated rings. The fraction of sp³-hybridized carbons (Fsp3) is 0.432. The van der Waals surface area contributed by atoms with Crippen molar-refractivity contribution in [1.82, 2.24) is 29.9 Å². The first kappa shape index (κ1) is 34.2. The Balaban J connectivity index is 0.992. The third-order valence-electron chi connectivity index (χ3n) is 10.6. The lowest BCUT2D eigenvalue weighted by Crippen LogP contribution is -2.46. The molecule has 1 amide bonds. The molecule has 0 bridgehead atoms. The van der Waals surface area contributed by atoms with Crippen LogP contribution in [0, 0.1) is 11.3 Å². The van der Waals surface area contributed by atoms with Gasteiger partial charge in [-0.25, -0.2) is 4.98 Å². The molecule has 13 heteroatoms. The summed E-state index contributed by atoms with van der Waals surface area (Å²) in [6, 6.07) is 13.9. The second-order valence-corrected chi connectivity index (χ2v) is 13.8. The van der Waals surface area contributed by atoms with E-state index in [4.69, 9.17) is 10.5 Å². The first-order valence-corrected chi connectivity index (χ1v) is 17.0. The number of carbonyl (C=O) groups excluding carboxylic acids is 1. The number of nitrogen functional groups attached to an aromatic ring is 1. The molecule has 3 unspecified atom stereocenters. The number of anilines is 1. The number of aromatic nitrogens is 3. The molecule has 1 saturated carbocycles. The van der Waals surface area contributed by atoms with Crippen molar-refractivity contribution in [2.24, 2.45) is 18.4 Å². The van der Waals surface area contributed by atoms with E-state index >= 15 is 0 Å². The van der Waals surface area contributed by atoms with Crippen molar-refractivity contribution < 1.29 is 27.8 Å². The van der Waals surface area contributed by atoms with Crippen LogP contribution >= 0.6 is 0 Å². The van der Waals surface area contributed by atoms with Crippen molar-refractivity contribution in [2.45, 2.75) is 31.6 Å². The van der Waals surface area contributed by atoms with Gasteiger partial charge in [0.2, 0.25) is 0 Å². The van der Waals surface area contributed by atoms with Crippen LogP contribution in [0.4, 0.5) is 19.0 Å². The number of rotatable bonds is 10. The second kappa shape index (κ2) is 13.8. The van der Waals surface area contributed by atoms with Crippen LogP contribution in [-0.4, -0.2) is 94.2 Å². The standard InChI is InChI=1S/C37H42F3N7O3/c1-45-20-29(19-43-45)28-15-31(34(41)42-18-28)35(49)44-33-22-50-23-36(33)17-30(36)14-24-2-4-25(5-3-24)26-6-7-27(32(16-26)37(38,39)40)21-47-10-8-46(9-11-47)12-13-48/h2-7,15-16,18-20,30,33,48H,8-14,17,21-23H2,1H3,(H2,41,42)(H,44,49). The Morgan fingerprint density at radius 3 is 2.46 bits per heavy atom. The number of aryl methyl sites for hydroxylation is 1. The molecule has 0 radical (unpaired) electrons. The van der Waals surface area contributed by atoms with E-state index in [0.717, 1.165) is 48.2 Å². The van der Waals surface area contributed by atoms with Gasteiger partial charge in [0, 0.05) is 75.3 Å². The topological polar surface area (TPSA) is 122 Å². The number of amides is 1. The number of nitrogens with zero attached hydrogens (tertiary/aromatic N) is 5. The molecule has 4 N–H and O–H groups in total. The van der Waals surface area contributed by atoms with E-state index in [9.17, 15) is 23.1 Å². The van der Waals surface area contributed by atoms with Crippen LogP contribution in [-0.2, 0) is 30.9 Å². The average molecular weight is 690 g/mol. The minimum Gasteiger partial charge on any atom is -0.395 e. The molecule has 4 heterocycles. The van der Waals surface area contributed by atoms with Gasteiger partial charge in [0.25, 0.3) is 5.91 Å². The zero-order valence-corrected chi connectivity index (χ0v) is 28.0. The number of aliphatic hydroxyl groups excluding tert-OH is 1. The van der Waals surface area contributed by atoms with Gasteiger partial charge in [-0.05, 0) is 53.1 Å². The smallest absolute Gasteiger partial charge is 0.395 e. The molecule has 2 aromatic heterocycles. The lowest BCUT2D eigenvalue weighted by molar-refractivity contribution is -0.138. The van der Waals surface area contributed by atoms with Crippen LogP contribution in [0.15, 0.2) is 67.1 Å². The minimum absolute atomic E-state index is 0.0796. The number of nitrogens with two attached hydrogens (primary N) is 1. The Morgan fingerprint density at radius 1 is 1.02 bits per heavy atom. The van der Waals surface area contributed by atoms with E-state index in [1.165, 1.54) is 6.07 Å². The van der Waals surface area contributed by atoms with E-state index in [0.29, 0.717) is 49.9 Å². The number of aliphatic hydroxyl groups is 1. The average Bonchev–Trinajstić information content (AvgIpc) is 3.36. The molecule has 2 aromatic carbocycles. The number of benzene rings is 2. The van der Waals surface area contributed by atoms with E-state index in [2.05, 4.69) is 20.3 Å². The van der Waals surface area contributed by atoms with Gasteiger partial charge in [-0.15, -0.1) is 0 Å². The van der Waals surface area contributed by atoms with E-state index < -0.39 is 11.7 Å². The summed E-state index contributed by atoms with van der Waals surface area (Å²) >= 11 is 0. The predicted octanol–water partition coefficient (Wildman–Crippen LogP) is 4.24. The summed E-state index contributed by atoms with van der Waals surface area (Å²) in [5.41, 5.74) is 9.82. The van der Waals surface area contributed by atoms with Gasteiger partial charge < -0.3 is 20.9 Å². The van der Waals surface area contributed by atoms with Crippen molar-refractivity contribution in [3.63, 3.8) is 0 Å². The number of hydrogen-bond donors (Lipinski definition) is 3. The van der Waals surface area contributed by atoms with Crippen molar-refractivity contribution in [3.8, 4) is 22.3 Å². The quantitative estimate of drug-likeness (QED) is 0.226. The van der Waals surface area contributed by atoms with Gasteiger partial charge >= 0.3 is 6.18 Å². The molecule has 2 saturated heterocycles. The Labute approximate surface area is 289 Å². The van der Waals surface area contributed by atoms with Gasteiger partial charge in [0.1, 0.15) is 5.82 Å². The van der Waals surface area contributed by atoms with Crippen LogP contribution in [0.2, 0.25) is 0 Å². The van der Waals surface area contributed by atoms with Gasteiger partial charge in [-0.3, -0.25) is 19.3 Å². The number of pyridine rings is 1. The predicted molar refractivity (Wildman–Crippen MR) is 183 cm³/mol. The van der Waals surface area contributed by atoms with Crippen molar-refractivity contribution >= 4 is 11.7 Å². The van der Waals surface area contributed by atoms with Crippen LogP contribution in [0.25, 0.3) is 22.3 Å². The highest BCUT2D eigenvalue weighted by molar-refractivity contribution is 5.99. The minimum atomic E-state index is -4.47. The maximum absolute atomic E-state index is 14.2. The molecule has 3 aliphatic rings. The Morgan fingerprint density at radius 2 is 1.76 bits per heavy atom. The number of halogens is 3. The van der Waals surface area contributed by atoms with Gasteiger partial charge in [0.05, 0.1) is 43.2 Å². The first-order valence-electron chi connectivity index (χ1n) is 17.0. The van der Waals surface area contributed by atoms with Crippen LogP contribution in [0.3, 0.4) is 0 Å². The first-order chi connectivity index (χ1) is 24.0. The lowest BCUT2D eigenvalue weighted by Gasteiger charge is -2.34. The molecular formula is C37H42F3N7O3. The van der Waals surface area contributed by atoms with Gasteiger partial charge in [0.15, 0.2) is 0 Å². The molecule has 1 spiro atoms. The number of hydrogen-bond acceptors (Lipinski definition) is 8. The van der Waals surface area contributed by atoms with E-state index in [1.807, 2.05) is 42.4 Å². The summed E-state index contributed by atoms with van der Waals surface area (Å²) in [4.78, 5) is 21.8. The Bertz CT molecular complexity index is 1840. The highest BCUT2D eigenvalue weighted by Crippen LogP contribution is 2.59. The van der Waals surface area contributed by atoms with Gasteiger partial charge in [-0.1, -0.05) is 36.4 Å². The molecule has 3 atom stereocenters. The third-order valence-corrected chi connectivity index (χ3v) is 10.6. The number of piperazine rings is 1. The molecule has 50 heavy (non-hydrogen) atoms. The van der Waals surface area contributed by atoms with Crippen LogP contribution in [0.1, 0.15) is 33.5 Å². The third kappa shape index (κ3) is 7.13. The van der Waals surface area contributed by atoms with E-state index in [1.54, 1.807) is 35.3 Å². The highest BCUT2D eigenvalue weighted by Gasteiger charge is 2.62. The summed E-state index contributed by atoms with van der Waals surface area (Å²) in [6.45, 7) is 4.64. The normalized spacial score (nSPS) is 22.7. The van der Waals surface area contributed by atoms with Crippen molar-refractivity contribution in [2.75, 3.05) is 58.3 Å². The number of nitrogens with one attached hydrogen (secondary N) is 1. The van der Waals surface area contributed by atoms with Crippen LogP contribution in [0.5, 0.6) is 0 Å². The second-order valence-electron chi connectivity index (χ2n) is 13.8. The maximum Gasteiger partial charge on any atom is 0.416 e. The Hall–Kier alpha value is -4.30. The molecule has 10 nitrogen and oxygen atoms in total. The monoisotopic (exact) mass is 689 g/mol. The highest BCUT2D eigenvalue weighted by atomic mass is 19.4. The molecular weight excluding hydrogens is 647 g/mol. The summed E-state index contributed by atoms with van der Waals surface area (Å²) in [5.74, 6) is 0.149. The largest absolute Gasteiger partial charge is 0.416 e. The summed E-state index contributed by atoms with van der Waals surface area (Å²) in [7, 11) is 1.82. The van der Waals surface area contributed by atoms with Crippen molar-refractivity contribution in [3.05, 3.63) is 89.4 Å². The molecule has 264 valence electrons. The zero-order chi connectivity index (χ0) is 35.0. The fourth-order valence-electron chi connectivity index (χ4n) is 7.55. The summed E-state index contributed by atoms with van der Waals surface area (Å²) in [5, 5.41) is 16.5. The molecule has 4 aromatic rings. The number of β-amino-alcohol motifs (C(OH)–C–C–N with tert-alkyl or cyclic N) is 1. The molecule has 7 rings (SSSR count). The molecule has 1 aliphatic carbocycles. The summed E-state index contributed by atoms with van der Waals surface area (Å²) in [6.07, 6.45) is 2.38. The van der Waals surface area contributed by atoms with E-state index in [-0.39, 0.29) is 41.9 Å². The number of ether oxygens (including phenoxy) is 1. The number of carbonyl (C=O) groups is 1. The number of alkyl halides is 3. The maximum atomic E-state index is 14.2.